The van der Waals surface area contributed by atoms with Gasteiger partial charge in [-0.15, -0.1) is 0 Å². The SMILES string of the molecule is CCCOC(=O)C(C)(C)NP(=O)(CO[C@H](C)Cn1cnc2c(N)ncnc21)N[C@H](C)c1cccc(F)c1. The van der Waals surface area contributed by atoms with Gasteiger partial charge in [-0.05, 0) is 51.8 Å². The highest BCUT2D eigenvalue weighted by atomic mass is 31.2. The number of nitrogen functional groups attached to an aromatic ring is 1. The molecule has 0 radical (unpaired) electrons. The molecule has 0 saturated carbocycles. The second kappa shape index (κ2) is 12.1. The number of rotatable bonds is 13. The Balaban J connectivity index is 1.76. The molecule has 0 bridgehead atoms. The number of nitrogens with zero attached hydrogens (tertiary/aromatic N) is 4. The maximum absolute atomic E-state index is 14.1. The van der Waals surface area contributed by atoms with Gasteiger partial charge in [-0.3, -0.25) is 9.36 Å². The molecule has 13 heteroatoms. The van der Waals surface area contributed by atoms with Gasteiger partial charge < -0.3 is 19.8 Å². The largest absolute Gasteiger partial charge is 0.464 e. The summed E-state index contributed by atoms with van der Waals surface area (Å²) in [5.41, 5.74) is 6.23. The number of fused-ring (bicyclic) bond motifs is 1. The van der Waals surface area contributed by atoms with E-state index in [9.17, 15) is 13.8 Å². The van der Waals surface area contributed by atoms with Gasteiger partial charge in [0.2, 0.25) is 7.44 Å². The molecule has 2 aromatic heterocycles. The van der Waals surface area contributed by atoms with Crippen LogP contribution in [0.3, 0.4) is 0 Å². The van der Waals surface area contributed by atoms with E-state index in [0.717, 1.165) is 0 Å². The number of anilines is 1. The van der Waals surface area contributed by atoms with E-state index < -0.39 is 36.9 Å². The van der Waals surface area contributed by atoms with Crippen LogP contribution in [0, 0.1) is 5.82 Å². The lowest BCUT2D eigenvalue weighted by Crippen LogP contribution is -2.49. The van der Waals surface area contributed by atoms with E-state index in [1.807, 2.05) is 13.8 Å². The van der Waals surface area contributed by atoms with Crippen LogP contribution < -0.4 is 15.9 Å². The summed E-state index contributed by atoms with van der Waals surface area (Å²) in [6, 6.07) is 5.51. The number of carbonyl (C=O) groups is 1. The van der Waals surface area contributed by atoms with E-state index in [4.69, 9.17) is 15.2 Å². The van der Waals surface area contributed by atoms with E-state index >= 15 is 0 Å². The summed E-state index contributed by atoms with van der Waals surface area (Å²) in [5, 5.41) is 5.98. The molecule has 0 spiro atoms. The molecular weight excluding hydrogens is 500 g/mol. The lowest BCUT2D eigenvalue weighted by molar-refractivity contribution is -0.149. The van der Waals surface area contributed by atoms with Crippen LogP contribution in [-0.2, 0) is 25.4 Å². The Morgan fingerprint density at radius 2 is 2.03 bits per heavy atom. The van der Waals surface area contributed by atoms with Crippen molar-refractivity contribution in [2.24, 2.45) is 0 Å². The van der Waals surface area contributed by atoms with Crippen molar-refractivity contribution in [2.75, 3.05) is 18.7 Å². The molecule has 37 heavy (non-hydrogen) atoms. The van der Waals surface area contributed by atoms with Crippen molar-refractivity contribution < 1.29 is 23.2 Å². The van der Waals surface area contributed by atoms with E-state index in [1.165, 1.54) is 18.5 Å². The molecule has 0 saturated heterocycles. The fraction of sp³-hybridized carbons (Fsp3) is 0.500. The normalized spacial score (nSPS) is 15.3. The molecule has 0 aliphatic rings. The average molecular weight is 536 g/mol. The first-order valence-corrected chi connectivity index (χ1v) is 13.9. The predicted octanol–water partition coefficient (Wildman–Crippen LogP) is 3.78. The number of hydrogen-bond acceptors (Lipinski definition) is 8. The maximum Gasteiger partial charge on any atom is 0.326 e. The minimum absolute atomic E-state index is 0.248. The molecule has 202 valence electrons. The van der Waals surface area contributed by atoms with Gasteiger partial charge in [0.15, 0.2) is 11.5 Å². The number of nitrogens with one attached hydrogen (secondary N) is 2. The van der Waals surface area contributed by atoms with E-state index in [2.05, 4.69) is 25.1 Å². The minimum atomic E-state index is -3.58. The van der Waals surface area contributed by atoms with Gasteiger partial charge in [0.25, 0.3) is 0 Å². The first-order chi connectivity index (χ1) is 17.4. The van der Waals surface area contributed by atoms with Gasteiger partial charge in [-0.1, -0.05) is 19.1 Å². The average Bonchev–Trinajstić information content (AvgIpc) is 3.24. The number of carbonyl (C=O) groups excluding carboxylic acids is 1. The third-order valence-corrected chi connectivity index (χ3v) is 7.82. The van der Waals surface area contributed by atoms with Gasteiger partial charge in [0.05, 0.1) is 25.6 Å². The summed E-state index contributed by atoms with van der Waals surface area (Å²) in [6.45, 7) is 9.26. The highest BCUT2D eigenvalue weighted by Crippen LogP contribution is 2.42. The summed E-state index contributed by atoms with van der Waals surface area (Å²) >= 11 is 0. The molecule has 0 aliphatic carbocycles. The Morgan fingerprint density at radius 1 is 1.27 bits per heavy atom. The van der Waals surface area contributed by atoms with Crippen molar-refractivity contribution in [1.82, 2.24) is 29.7 Å². The smallest absolute Gasteiger partial charge is 0.326 e. The molecule has 3 rings (SSSR count). The van der Waals surface area contributed by atoms with Crippen LogP contribution in [0.15, 0.2) is 36.9 Å². The first-order valence-electron chi connectivity index (χ1n) is 12.1. The molecular formula is C24H35FN7O4P. The second-order valence-corrected chi connectivity index (χ2v) is 11.7. The Labute approximate surface area is 215 Å². The van der Waals surface area contributed by atoms with E-state index in [0.29, 0.717) is 29.7 Å². The first kappa shape index (κ1) is 28.6. The molecule has 0 aliphatic heterocycles. The van der Waals surface area contributed by atoms with Crippen molar-refractivity contribution in [3.8, 4) is 0 Å². The van der Waals surface area contributed by atoms with Crippen LogP contribution in [0.5, 0.6) is 0 Å². The van der Waals surface area contributed by atoms with Crippen molar-refractivity contribution in [2.45, 2.75) is 65.3 Å². The second-order valence-electron chi connectivity index (χ2n) is 9.45. The molecule has 0 fully saturated rings. The van der Waals surface area contributed by atoms with Crippen LogP contribution in [0.2, 0.25) is 0 Å². The summed E-state index contributed by atoms with van der Waals surface area (Å²) in [6.07, 6.45) is 2.95. The van der Waals surface area contributed by atoms with E-state index in [-0.39, 0.29) is 18.8 Å². The number of imidazole rings is 1. The Morgan fingerprint density at radius 3 is 2.73 bits per heavy atom. The molecule has 3 aromatic rings. The number of hydrogen-bond donors (Lipinski definition) is 3. The topological polar surface area (TPSA) is 146 Å². The number of aromatic nitrogens is 4. The van der Waals surface area contributed by atoms with E-state index in [1.54, 1.807) is 43.8 Å². The van der Waals surface area contributed by atoms with Crippen molar-refractivity contribution in [3.05, 3.63) is 48.3 Å². The quantitative estimate of drug-likeness (QED) is 0.218. The standard InChI is InChI=1S/C24H35FN7O4P/c1-6-10-35-23(33)24(4,5)31-37(34,30-17(3)18-8-7-9-19(25)11-18)15-36-16(2)12-32-14-29-20-21(26)27-13-28-22(20)32/h7-9,11,13-14,16-17H,6,10,12,15H2,1-5H3,(H2,26,27,28)(H2,30,31,34)/t16-,17-,37?/m1/s1. The van der Waals surface area contributed by atoms with Gasteiger partial charge in [0, 0.05) is 6.04 Å². The van der Waals surface area contributed by atoms with Crippen LogP contribution >= 0.6 is 7.44 Å². The molecule has 3 atom stereocenters. The van der Waals surface area contributed by atoms with Gasteiger partial charge >= 0.3 is 5.97 Å². The highest BCUT2D eigenvalue weighted by molar-refractivity contribution is 7.59. The fourth-order valence-electron chi connectivity index (χ4n) is 3.73. The number of ether oxygens (including phenoxy) is 2. The van der Waals surface area contributed by atoms with Crippen LogP contribution in [0.25, 0.3) is 11.2 Å². The summed E-state index contributed by atoms with van der Waals surface area (Å²) in [7, 11) is -3.58. The minimum Gasteiger partial charge on any atom is -0.464 e. The molecule has 0 amide bonds. The van der Waals surface area contributed by atoms with Crippen LogP contribution in [-0.4, -0.2) is 50.1 Å². The zero-order valence-electron chi connectivity index (χ0n) is 21.8. The number of esters is 1. The summed E-state index contributed by atoms with van der Waals surface area (Å²) < 4.78 is 41.0. The number of halogens is 1. The highest BCUT2D eigenvalue weighted by Gasteiger charge is 2.38. The third-order valence-electron chi connectivity index (χ3n) is 5.58. The monoisotopic (exact) mass is 535 g/mol. The number of benzene rings is 1. The summed E-state index contributed by atoms with van der Waals surface area (Å²) in [4.78, 5) is 25.1. The molecule has 4 N–H and O–H groups in total. The Hall–Kier alpha value is -2.92. The van der Waals surface area contributed by atoms with Crippen molar-refractivity contribution in [1.29, 1.82) is 0 Å². The van der Waals surface area contributed by atoms with Gasteiger partial charge in [-0.2, -0.15) is 0 Å². The lowest BCUT2D eigenvalue weighted by Gasteiger charge is -2.33. The van der Waals surface area contributed by atoms with Crippen molar-refractivity contribution in [3.63, 3.8) is 0 Å². The van der Waals surface area contributed by atoms with Crippen LogP contribution in [0.4, 0.5) is 10.2 Å². The predicted molar refractivity (Wildman–Crippen MR) is 139 cm³/mol. The maximum atomic E-state index is 14.1. The summed E-state index contributed by atoms with van der Waals surface area (Å²) in [5.74, 6) is -0.664. The van der Waals surface area contributed by atoms with Gasteiger partial charge in [0.1, 0.15) is 29.5 Å². The molecule has 1 aromatic carbocycles. The zero-order valence-corrected chi connectivity index (χ0v) is 22.7. The number of nitrogens with two attached hydrogens (primary N) is 1. The third kappa shape index (κ3) is 7.54. The molecule has 1 unspecified atom stereocenters. The Kier molecular flexibility index (Phi) is 9.36. The van der Waals surface area contributed by atoms with Crippen molar-refractivity contribution >= 4 is 30.4 Å². The molecule has 11 nitrogen and oxygen atoms in total. The lowest BCUT2D eigenvalue weighted by atomic mass is 10.1. The molecule has 2 heterocycles. The van der Waals surface area contributed by atoms with Gasteiger partial charge in [-0.25, -0.2) is 29.5 Å². The Bertz CT molecular complexity index is 1270. The van der Waals surface area contributed by atoms with Crippen LogP contribution in [0.1, 0.15) is 52.6 Å². The zero-order chi connectivity index (χ0) is 27.2. The fourth-order valence-corrected chi connectivity index (χ4v) is 6.17.